The summed E-state index contributed by atoms with van der Waals surface area (Å²) in [4.78, 5) is 20.7. The van der Waals surface area contributed by atoms with Crippen molar-refractivity contribution in [1.29, 1.82) is 0 Å². The number of hydrogen-bond acceptors (Lipinski definition) is 6. The maximum absolute atomic E-state index is 12.2. The summed E-state index contributed by atoms with van der Waals surface area (Å²) >= 11 is 0. The number of aromatic nitrogens is 2. The average molecular weight is 392 g/mol. The van der Waals surface area contributed by atoms with Crippen molar-refractivity contribution in [1.82, 2.24) is 15.3 Å². The van der Waals surface area contributed by atoms with E-state index in [0.29, 0.717) is 24.6 Å². The van der Waals surface area contributed by atoms with Crippen molar-refractivity contribution in [3.8, 4) is 11.5 Å². The SMILES string of the molecule is COc1ccc(CCNC(=O)c2cnc(NCc3ccc(OC)cc3)nc2)cc1. The molecule has 0 radical (unpaired) electrons. The maximum Gasteiger partial charge on any atom is 0.254 e. The van der Waals surface area contributed by atoms with Gasteiger partial charge in [0.05, 0.1) is 19.8 Å². The van der Waals surface area contributed by atoms with Crippen molar-refractivity contribution in [2.75, 3.05) is 26.1 Å². The largest absolute Gasteiger partial charge is 0.497 e. The summed E-state index contributed by atoms with van der Waals surface area (Å²) in [6.07, 6.45) is 3.77. The fraction of sp³-hybridized carbons (Fsp3) is 0.227. The van der Waals surface area contributed by atoms with E-state index in [2.05, 4.69) is 20.6 Å². The average Bonchev–Trinajstić information content (AvgIpc) is 2.78. The zero-order valence-electron chi connectivity index (χ0n) is 16.5. The van der Waals surface area contributed by atoms with Crippen LogP contribution in [-0.2, 0) is 13.0 Å². The molecule has 0 unspecified atom stereocenters. The normalized spacial score (nSPS) is 10.3. The fourth-order valence-corrected chi connectivity index (χ4v) is 2.68. The minimum atomic E-state index is -0.194. The second-order valence-electron chi connectivity index (χ2n) is 6.35. The van der Waals surface area contributed by atoms with E-state index >= 15 is 0 Å². The van der Waals surface area contributed by atoms with E-state index in [1.54, 1.807) is 14.2 Å². The van der Waals surface area contributed by atoms with Crippen molar-refractivity contribution in [2.45, 2.75) is 13.0 Å². The zero-order valence-corrected chi connectivity index (χ0v) is 16.5. The highest BCUT2D eigenvalue weighted by Gasteiger charge is 2.07. The third-order valence-electron chi connectivity index (χ3n) is 4.38. The molecule has 2 N–H and O–H groups in total. The number of benzene rings is 2. The van der Waals surface area contributed by atoms with Gasteiger partial charge in [-0.1, -0.05) is 24.3 Å². The van der Waals surface area contributed by atoms with Gasteiger partial charge in [0.25, 0.3) is 5.91 Å². The first-order chi connectivity index (χ1) is 14.2. The molecule has 0 aliphatic rings. The first-order valence-electron chi connectivity index (χ1n) is 9.28. The summed E-state index contributed by atoms with van der Waals surface area (Å²) in [7, 11) is 3.27. The molecule has 7 nitrogen and oxygen atoms in total. The Kier molecular flexibility index (Phi) is 7.00. The molecule has 0 fully saturated rings. The lowest BCUT2D eigenvalue weighted by Crippen LogP contribution is -2.26. The molecule has 7 heteroatoms. The van der Waals surface area contributed by atoms with Gasteiger partial charge in [0.1, 0.15) is 11.5 Å². The predicted octanol–water partition coefficient (Wildman–Crippen LogP) is 3.08. The lowest BCUT2D eigenvalue weighted by atomic mass is 10.1. The second kappa shape index (κ2) is 10.1. The van der Waals surface area contributed by atoms with Gasteiger partial charge in [-0.2, -0.15) is 0 Å². The number of methoxy groups -OCH3 is 2. The molecular weight excluding hydrogens is 368 g/mol. The summed E-state index contributed by atoms with van der Waals surface area (Å²) in [5, 5.41) is 6.02. The Morgan fingerprint density at radius 3 is 1.97 bits per heavy atom. The van der Waals surface area contributed by atoms with E-state index in [0.717, 1.165) is 29.0 Å². The minimum absolute atomic E-state index is 0.194. The Balaban J connectivity index is 1.45. The number of carbonyl (C=O) groups excluding carboxylic acids is 1. The molecule has 1 aromatic heterocycles. The molecule has 0 spiro atoms. The molecule has 1 heterocycles. The van der Waals surface area contributed by atoms with Gasteiger partial charge in [-0.25, -0.2) is 9.97 Å². The lowest BCUT2D eigenvalue weighted by molar-refractivity contribution is 0.0953. The van der Waals surface area contributed by atoms with Crippen LogP contribution in [0.1, 0.15) is 21.5 Å². The number of hydrogen-bond donors (Lipinski definition) is 2. The summed E-state index contributed by atoms with van der Waals surface area (Å²) in [5.41, 5.74) is 2.63. The van der Waals surface area contributed by atoms with Gasteiger partial charge in [-0.05, 0) is 41.8 Å². The number of carbonyl (C=O) groups is 1. The monoisotopic (exact) mass is 392 g/mol. The van der Waals surface area contributed by atoms with Crippen LogP contribution in [0.4, 0.5) is 5.95 Å². The van der Waals surface area contributed by atoms with Crippen LogP contribution in [0.3, 0.4) is 0 Å². The Morgan fingerprint density at radius 2 is 1.41 bits per heavy atom. The first kappa shape index (κ1) is 20.1. The van der Waals surface area contributed by atoms with Gasteiger partial charge in [0.15, 0.2) is 0 Å². The zero-order chi connectivity index (χ0) is 20.5. The van der Waals surface area contributed by atoms with Gasteiger partial charge in [-0.15, -0.1) is 0 Å². The highest BCUT2D eigenvalue weighted by molar-refractivity contribution is 5.93. The molecule has 1 amide bonds. The molecule has 0 atom stereocenters. The molecule has 0 aliphatic carbocycles. The van der Waals surface area contributed by atoms with E-state index in [1.165, 1.54) is 12.4 Å². The summed E-state index contributed by atoms with van der Waals surface area (Å²) in [5.74, 6) is 1.90. The smallest absolute Gasteiger partial charge is 0.254 e. The predicted molar refractivity (Wildman–Crippen MR) is 111 cm³/mol. The number of amides is 1. The summed E-state index contributed by atoms with van der Waals surface area (Å²) in [6, 6.07) is 15.5. The minimum Gasteiger partial charge on any atom is -0.497 e. The molecule has 3 rings (SSSR count). The Morgan fingerprint density at radius 1 is 0.862 bits per heavy atom. The molecule has 29 heavy (non-hydrogen) atoms. The molecule has 0 saturated carbocycles. The molecule has 2 aromatic carbocycles. The van der Waals surface area contributed by atoms with Crippen molar-refractivity contribution in [2.24, 2.45) is 0 Å². The van der Waals surface area contributed by atoms with Gasteiger partial charge in [0.2, 0.25) is 5.95 Å². The lowest BCUT2D eigenvalue weighted by Gasteiger charge is -2.08. The Bertz CT molecular complexity index is 910. The summed E-state index contributed by atoms with van der Waals surface area (Å²) < 4.78 is 10.3. The van der Waals surface area contributed by atoms with Crippen LogP contribution in [0.15, 0.2) is 60.9 Å². The van der Waals surface area contributed by atoms with Crippen LogP contribution in [0, 0.1) is 0 Å². The fourth-order valence-electron chi connectivity index (χ4n) is 2.68. The van der Waals surface area contributed by atoms with Crippen molar-refractivity contribution >= 4 is 11.9 Å². The third-order valence-corrected chi connectivity index (χ3v) is 4.38. The number of nitrogens with zero attached hydrogens (tertiary/aromatic N) is 2. The van der Waals surface area contributed by atoms with Crippen molar-refractivity contribution in [3.63, 3.8) is 0 Å². The van der Waals surface area contributed by atoms with Crippen LogP contribution in [0.25, 0.3) is 0 Å². The van der Waals surface area contributed by atoms with Crippen LogP contribution < -0.4 is 20.1 Å². The van der Waals surface area contributed by atoms with E-state index < -0.39 is 0 Å². The van der Waals surface area contributed by atoms with E-state index in [9.17, 15) is 4.79 Å². The maximum atomic E-state index is 12.2. The molecule has 0 aliphatic heterocycles. The second-order valence-corrected chi connectivity index (χ2v) is 6.35. The quantitative estimate of drug-likeness (QED) is 0.582. The van der Waals surface area contributed by atoms with Crippen LogP contribution in [0.5, 0.6) is 11.5 Å². The molecule has 0 saturated heterocycles. The number of rotatable bonds is 9. The van der Waals surface area contributed by atoms with Gasteiger partial charge in [-0.3, -0.25) is 4.79 Å². The van der Waals surface area contributed by atoms with Gasteiger partial charge >= 0.3 is 0 Å². The van der Waals surface area contributed by atoms with Crippen LogP contribution in [0.2, 0.25) is 0 Å². The van der Waals surface area contributed by atoms with Gasteiger partial charge < -0.3 is 20.1 Å². The Hall–Kier alpha value is -3.61. The number of ether oxygens (including phenoxy) is 2. The highest BCUT2D eigenvalue weighted by atomic mass is 16.5. The van der Waals surface area contributed by atoms with Crippen molar-refractivity contribution < 1.29 is 14.3 Å². The highest BCUT2D eigenvalue weighted by Crippen LogP contribution is 2.13. The van der Waals surface area contributed by atoms with Crippen LogP contribution >= 0.6 is 0 Å². The standard InChI is InChI=1S/C22H24N4O3/c1-28-19-7-3-16(4-8-19)11-12-23-21(27)18-14-25-22(26-15-18)24-13-17-5-9-20(29-2)10-6-17/h3-10,14-15H,11-13H2,1-2H3,(H,23,27)(H,24,25,26). The first-order valence-corrected chi connectivity index (χ1v) is 9.28. The van der Waals surface area contributed by atoms with E-state index in [4.69, 9.17) is 9.47 Å². The van der Waals surface area contributed by atoms with E-state index in [-0.39, 0.29) is 5.91 Å². The number of anilines is 1. The number of nitrogens with one attached hydrogen (secondary N) is 2. The topological polar surface area (TPSA) is 85.4 Å². The Labute approximate surface area is 170 Å². The molecule has 150 valence electrons. The molecule has 0 bridgehead atoms. The van der Waals surface area contributed by atoms with Gasteiger partial charge in [0, 0.05) is 25.5 Å². The third kappa shape index (κ3) is 5.93. The molecule has 3 aromatic rings. The summed E-state index contributed by atoms with van der Waals surface area (Å²) in [6.45, 7) is 1.11. The van der Waals surface area contributed by atoms with Crippen LogP contribution in [-0.4, -0.2) is 36.6 Å². The van der Waals surface area contributed by atoms with Crippen molar-refractivity contribution in [3.05, 3.63) is 77.6 Å². The van der Waals surface area contributed by atoms with E-state index in [1.807, 2.05) is 48.5 Å². The molecular formula is C22H24N4O3.